The summed E-state index contributed by atoms with van der Waals surface area (Å²) < 4.78 is 56.2. The monoisotopic (exact) mass is 470 g/mol. The van der Waals surface area contributed by atoms with Crippen molar-refractivity contribution in [2.75, 3.05) is 19.8 Å². The van der Waals surface area contributed by atoms with Crippen LogP contribution in [0.5, 0.6) is 5.75 Å². The number of nitrogens with one attached hydrogen (secondary N) is 1. The van der Waals surface area contributed by atoms with Crippen LogP contribution < -0.4 is 4.74 Å². The maximum Gasteiger partial charge on any atom is 0.335 e. The molecule has 5 rings (SSSR count). The summed E-state index contributed by atoms with van der Waals surface area (Å²) in [5, 5.41) is 9.04. The fourth-order valence-electron chi connectivity index (χ4n) is 5.39. The lowest BCUT2D eigenvalue weighted by Gasteiger charge is -2.55. The molecule has 33 heavy (non-hydrogen) atoms. The molecule has 0 bridgehead atoms. The molecule has 2 aliphatic rings. The number of carbonyl (C=O) groups is 1. The number of ether oxygens (including phenoxy) is 1. The first-order valence-corrected chi connectivity index (χ1v) is 11.9. The third-order valence-electron chi connectivity index (χ3n) is 7.20. The highest BCUT2D eigenvalue weighted by molar-refractivity contribution is 7.99. The Kier molecular flexibility index (Phi) is 4.29. The number of benzene rings is 2. The number of aryl methyl sites for hydroxylation is 1. The van der Waals surface area contributed by atoms with E-state index in [0.717, 1.165) is 33.8 Å². The summed E-state index contributed by atoms with van der Waals surface area (Å²) >= 11 is 0.721. The third kappa shape index (κ3) is 4.04. The molecule has 0 radical (unpaired) electrons. The number of carboxylic acid groups (broad SMARTS) is 1. The summed E-state index contributed by atoms with van der Waals surface area (Å²) in [7, 11) is 1.53. The van der Waals surface area contributed by atoms with Gasteiger partial charge < -0.3 is 14.8 Å². The number of rotatable bonds is 6. The number of H-pyrrole nitrogens is 1. The Morgan fingerprint density at radius 2 is 2.15 bits per heavy atom. The molecule has 2 heterocycles. The van der Waals surface area contributed by atoms with Crippen LogP contribution >= 0.6 is 11.8 Å². The first-order chi connectivity index (χ1) is 18.2. The van der Waals surface area contributed by atoms with E-state index in [2.05, 4.69) is 4.98 Å². The molecule has 1 spiro atoms. The molecule has 1 aliphatic heterocycles. The van der Waals surface area contributed by atoms with Crippen LogP contribution in [0, 0.1) is 12.3 Å². The number of hydrogen-bond donors (Lipinski definition) is 2. The normalized spacial score (nSPS) is 31.0. The summed E-state index contributed by atoms with van der Waals surface area (Å²) in [6.07, 6.45) is 1.53. The highest BCUT2D eigenvalue weighted by Gasteiger charge is 2.48. The minimum atomic E-state index is -2.25. The molecule has 1 aliphatic carbocycles. The van der Waals surface area contributed by atoms with Gasteiger partial charge in [-0.1, -0.05) is 12.1 Å². The topological polar surface area (TPSA) is 65.6 Å². The van der Waals surface area contributed by atoms with E-state index >= 15 is 0 Å². The van der Waals surface area contributed by atoms with E-state index in [-0.39, 0.29) is 11.0 Å². The fourth-order valence-corrected chi connectivity index (χ4v) is 6.15. The van der Waals surface area contributed by atoms with Crippen LogP contribution in [-0.4, -0.2) is 46.0 Å². The van der Waals surface area contributed by atoms with Crippen molar-refractivity contribution in [1.82, 2.24) is 9.88 Å². The SMILES string of the molecule is [2H]C([2H])([2H])SC1([2H])CC2(CCN(C([2H])([2H])c3c(OC)cc(C)c4[nH]ccc34)[C@H](c3ccc(C(=O)O)cc3)C2)C1. The summed E-state index contributed by atoms with van der Waals surface area (Å²) in [4.78, 5) is 16.5. The van der Waals surface area contributed by atoms with Crippen molar-refractivity contribution < 1.29 is 22.9 Å². The van der Waals surface area contributed by atoms with Crippen molar-refractivity contribution in [3.05, 3.63) is 64.8 Å². The van der Waals surface area contributed by atoms with Crippen LogP contribution in [-0.2, 0) is 6.50 Å². The van der Waals surface area contributed by atoms with Gasteiger partial charge in [0.15, 0.2) is 0 Å². The minimum Gasteiger partial charge on any atom is -0.496 e. The lowest BCUT2D eigenvalue weighted by Crippen LogP contribution is -2.49. The van der Waals surface area contributed by atoms with Crippen LogP contribution in [0.3, 0.4) is 0 Å². The fraction of sp³-hybridized carbons (Fsp3) is 0.444. The Bertz CT molecular complexity index is 1400. The summed E-state index contributed by atoms with van der Waals surface area (Å²) in [6.45, 7) is 0.376. The lowest BCUT2D eigenvalue weighted by molar-refractivity contribution is -0.00567. The van der Waals surface area contributed by atoms with Crippen LogP contribution in [0.25, 0.3) is 10.9 Å². The van der Waals surface area contributed by atoms with Gasteiger partial charge in [0.25, 0.3) is 0 Å². The van der Waals surface area contributed by atoms with E-state index in [9.17, 15) is 12.6 Å². The molecular weight excluding hydrogens is 432 g/mol. The van der Waals surface area contributed by atoms with Crippen molar-refractivity contribution >= 4 is 28.6 Å². The van der Waals surface area contributed by atoms with Gasteiger partial charge in [-0.05, 0) is 86.1 Å². The van der Waals surface area contributed by atoms with Gasteiger partial charge in [-0.15, -0.1) is 0 Å². The minimum absolute atomic E-state index is 0.149. The van der Waals surface area contributed by atoms with Crippen LogP contribution in [0.4, 0.5) is 0 Å². The Hall–Kier alpha value is -2.44. The highest BCUT2D eigenvalue weighted by atomic mass is 32.2. The molecular formula is C27H32N2O3S. The smallest absolute Gasteiger partial charge is 0.335 e. The molecule has 5 nitrogen and oxygen atoms in total. The van der Waals surface area contributed by atoms with Crippen LogP contribution in [0.1, 0.15) is 67.0 Å². The van der Waals surface area contributed by atoms with Crippen molar-refractivity contribution in [2.24, 2.45) is 5.41 Å². The predicted molar refractivity (Wildman–Crippen MR) is 134 cm³/mol. The number of likely N-dealkylation sites (tertiary alicyclic amines) is 1. The molecule has 2 N–H and O–H groups in total. The average molecular weight is 471 g/mol. The van der Waals surface area contributed by atoms with Crippen molar-refractivity contribution in [1.29, 1.82) is 0 Å². The molecule has 1 saturated carbocycles. The second kappa shape index (κ2) is 8.73. The quantitative estimate of drug-likeness (QED) is 0.460. The Morgan fingerprint density at radius 3 is 2.85 bits per heavy atom. The van der Waals surface area contributed by atoms with Gasteiger partial charge in [-0.3, -0.25) is 4.90 Å². The summed E-state index contributed by atoms with van der Waals surface area (Å²) in [5.74, 6) is -0.583. The number of fused-ring (bicyclic) bond motifs is 1. The van der Waals surface area contributed by atoms with Gasteiger partial charge in [0.1, 0.15) is 5.75 Å². The van der Waals surface area contributed by atoms with Crippen LogP contribution in [0.2, 0.25) is 0 Å². The summed E-state index contributed by atoms with van der Waals surface area (Å²) in [6, 6.07) is 9.80. The first-order valence-electron chi connectivity index (χ1n) is 14.1. The van der Waals surface area contributed by atoms with Crippen molar-refractivity contribution in [3.63, 3.8) is 0 Å². The highest BCUT2D eigenvalue weighted by Crippen LogP contribution is 2.57. The molecule has 1 atom stereocenters. The molecule has 2 aromatic carbocycles. The zero-order valence-electron chi connectivity index (χ0n) is 24.8. The number of piperidine rings is 1. The van der Waals surface area contributed by atoms with Gasteiger partial charge in [0.2, 0.25) is 0 Å². The van der Waals surface area contributed by atoms with E-state index in [1.165, 1.54) is 19.2 Å². The van der Waals surface area contributed by atoms with E-state index in [0.29, 0.717) is 43.5 Å². The van der Waals surface area contributed by atoms with E-state index in [4.69, 9.17) is 10.2 Å². The lowest BCUT2D eigenvalue weighted by atomic mass is 9.60. The molecule has 174 valence electrons. The van der Waals surface area contributed by atoms with Crippen molar-refractivity contribution in [2.45, 2.75) is 50.4 Å². The maximum absolute atomic E-state index is 11.5. The number of methoxy groups -OCH3 is 1. The van der Waals surface area contributed by atoms with Crippen LogP contribution in [0.15, 0.2) is 42.6 Å². The molecule has 3 aromatic rings. The van der Waals surface area contributed by atoms with E-state index < -0.39 is 29.9 Å². The number of aromatic carboxylic acids is 1. The van der Waals surface area contributed by atoms with Gasteiger partial charge in [0.05, 0.1) is 12.7 Å². The van der Waals surface area contributed by atoms with Gasteiger partial charge >= 0.3 is 5.97 Å². The number of nitrogens with zero attached hydrogens (tertiary/aromatic N) is 1. The molecule has 1 aromatic heterocycles. The zero-order valence-corrected chi connectivity index (χ0v) is 19.6. The number of thioether (sulfide) groups is 1. The largest absolute Gasteiger partial charge is 0.496 e. The van der Waals surface area contributed by atoms with Crippen molar-refractivity contribution in [3.8, 4) is 5.75 Å². The first kappa shape index (κ1) is 16.2. The molecule has 2 fully saturated rings. The van der Waals surface area contributed by atoms with E-state index in [1.54, 1.807) is 18.3 Å². The second-order valence-corrected chi connectivity index (χ2v) is 10.0. The molecule has 6 heteroatoms. The number of carboxylic acids is 1. The molecule has 1 saturated heterocycles. The standard InChI is InChI=1S/C27H32N2O3S/c1-17-12-24(32-2)22(21-8-10-28-25(17)21)16-29-11-9-27(13-20(14-27)33-3)15-23(29)18-4-6-19(7-5-18)26(30)31/h4-8,10,12,20,23,28H,9,11,13-16H2,1-3H3,(H,30,31)/t20?,23-,27?/m0/s1/i3D3,16D2,20D. The van der Waals surface area contributed by atoms with Gasteiger partial charge in [-0.25, -0.2) is 4.79 Å². The Labute approximate surface area is 207 Å². The Balaban J connectivity index is 1.55. The summed E-state index contributed by atoms with van der Waals surface area (Å²) in [5.41, 5.74) is 2.85. The van der Waals surface area contributed by atoms with E-state index in [1.807, 2.05) is 24.0 Å². The molecule has 0 amide bonds. The number of hydrogen-bond acceptors (Lipinski definition) is 4. The van der Waals surface area contributed by atoms with Gasteiger partial charge in [-0.2, -0.15) is 11.8 Å². The number of aromatic amines is 1. The average Bonchev–Trinajstić information content (AvgIpc) is 3.31. The predicted octanol–water partition coefficient (Wildman–Crippen LogP) is 6.03. The zero-order chi connectivity index (χ0) is 28.4. The number of aromatic nitrogens is 1. The molecule has 0 unspecified atom stereocenters. The van der Waals surface area contributed by atoms with Gasteiger partial charge in [0, 0.05) is 48.7 Å². The Morgan fingerprint density at radius 1 is 1.36 bits per heavy atom. The maximum atomic E-state index is 11.5. The third-order valence-corrected chi connectivity index (χ3v) is 7.77. The second-order valence-electron chi connectivity index (χ2n) is 9.23.